The monoisotopic (exact) mass is 340 g/mol. The Bertz CT molecular complexity index is 790. The van der Waals surface area contributed by atoms with E-state index in [0.717, 1.165) is 0 Å². The van der Waals surface area contributed by atoms with Crippen LogP contribution in [0.5, 0.6) is 0 Å². The Hall–Kier alpha value is -3.55. The molecule has 8 heteroatoms. The number of amides is 2. The molecule has 128 valence electrons. The van der Waals surface area contributed by atoms with E-state index in [-0.39, 0.29) is 30.5 Å². The summed E-state index contributed by atoms with van der Waals surface area (Å²) in [5, 5.41) is 17.0. The fourth-order valence-corrected chi connectivity index (χ4v) is 1.93. The minimum Gasteiger partial charge on any atom is -0.352 e. The van der Waals surface area contributed by atoms with Crippen LogP contribution in [0.25, 0.3) is 0 Å². The molecule has 0 saturated carbocycles. The quantitative estimate of drug-likeness (QED) is 0.455. The van der Waals surface area contributed by atoms with Gasteiger partial charge in [-0.05, 0) is 12.1 Å². The number of carbonyl (C=O) groups is 2. The van der Waals surface area contributed by atoms with Gasteiger partial charge in [-0.1, -0.05) is 30.3 Å². The van der Waals surface area contributed by atoms with Crippen LogP contribution in [-0.2, 0) is 4.79 Å². The summed E-state index contributed by atoms with van der Waals surface area (Å²) >= 11 is 0. The van der Waals surface area contributed by atoms with Crippen molar-refractivity contribution in [1.29, 1.82) is 0 Å². The number of nitrogens with zero attached hydrogens (tertiary/aromatic N) is 2. The number of hydrogen-bond acceptors (Lipinski definition) is 5. The average molecular weight is 340 g/mol. The van der Waals surface area contributed by atoms with Gasteiger partial charge in [0.25, 0.3) is 11.6 Å². The molecule has 2 rings (SSSR count). The van der Waals surface area contributed by atoms with Gasteiger partial charge in [-0.3, -0.25) is 19.7 Å². The van der Waals surface area contributed by atoms with Gasteiger partial charge >= 0.3 is 0 Å². The van der Waals surface area contributed by atoms with Crippen molar-refractivity contribution in [2.75, 3.05) is 6.54 Å². The summed E-state index contributed by atoms with van der Waals surface area (Å²) in [6.45, 7) is 0.173. The molecule has 0 aromatic heterocycles. The highest BCUT2D eigenvalue weighted by Gasteiger charge is 2.06. The molecule has 2 amide bonds. The van der Waals surface area contributed by atoms with Crippen LogP contribution in [-0.4, -0.2) is 29.5 Å². The van der Waals surface area contributed by atoms with Crippen molar-refractivity contribution in [2.45, 2.75) is 6.42 Å². The number of benzene rings is 2. The summed E-state index contributed by atoms with van der Waals surface area (Å²) < 4.78 is 0. The van der Waals surface area contributed by atoms with E-state index in [1.807, 2.05) is 6.07 Å². The maximum atomic E-state index is 11.8. The van der Waals surface area contributed by atoms with Gasteiger partial charge in [0, 0.05) is 36.2 Å². The van der Waals surface area contributed by atoms with Gasteiger partial charge in [-0.25, -0.2) is 5.43 Å². The topological polar surface area (TPSA) is 114 Å². The lowest BCUT2D eigenvalue weighted by atomic mass is 10.2. The van der Waals surface area contributed by atoms with Crippen molar-refractivity contribution < 1.29 is 14.5 Å². The molecule has 0 spiro atoms. The molecule has 0 atom stereocenters. The highest BCUT2D eigenvalue weighted by atomic mass is 16.6. The van der Waals surface area contributed by atoms with Gasteiger partial charge in [-0.15, -0.1) is 0 Å². The molecular formula is C17H16N4O4. The smallest absolute Gasteiger partial charge is 0.270 e. The molecule has 2 aromatic rings. The van der Waals surface area contributed by atoms with Crippen LogP contribution in [0, 0.1) is 10.1 Å². The van der Waals surface area contributed by atoms with Gasteiger partial charge in [0.15, 0.2) is 0 Å². The van der Waals surface area contributed by atoms with E-state index in [1.54, 1.807) is 30.3 Å². The zero-order valence-corrected chi connectivity index (χ0v) is 13.2. The molecule has 0 heterocycles. The van der Waals surface area contributed by atoms with E-state index >= 15 is 0 Å². The Morgan fingerprint density at radius 1 is 1.12 bits per heavy atom. The summed E-state index contributed by atoms with van der Waals surface area (Å²) in [5.41, 5.74) is 3.26. The first-order valence-corrected chi connectivity index (χ1v) is 7.46. The number of hydrogen-bond donors (Lipinski definition) is 2. The molecule has 0 aliphatic rings. The van der Waals surface area contributed by atoms with Gasteiger partial charge < -0.3 is 5.32 Å². The van der Waals surface area contributed by atoms with Gasteiger partial charge in [0.05, 0.1) is 11.1 Å². The predicted molar refractivity (Wildman–Crippen MR) is 92.2 cm³/mol. The van der Waals surface area contributed by atoms with E-state index in [4.69, 9.17) is 0 Å². The summed E-state index contributed by atoms with van der Waals surface area (Å²) in [7, 11) is 0. The van der Waals surface area contributed by atoms with Crippen LogP contribution in [0.3, 0.4) is 0 Å². The van der Waals surface area contributed by atoms with Crippen LogP contribution in [0.2, 0.25) is 0 Å². The summed E-state index contributed by atoms with van der Waals surface area (Å²) in [4.78, 5) is 33.6. The van der Waals surface area contributed by atoms with Crippen molar-refractivity contribution in [3.05, 3.63) is 75.8 Å². The van der Waals surface area contributed by atoms with E-state index in [0.29, 0.717) is 11.1 Å². The molecular weight excluding hydrogens is 324 g/mol. The first-order valence-electron chi connectivity index (χ1n) is 7.46. The minimum absolute atomic E-state index is 0.0566. The van der Waals surface area contributed by atoms with Crippen LogP contribution in [0.1, 0.15) is 22.3 Å². The number of non-ortho nitro benzene ring substituents is 1. The zero-order valence-electron chi connectivity index (χ0n) is 13.2. The van der Waals surface area contributed by atoms with Crippen LogP contribution in [0.4, 0.5) is 5.69 Å². The molecule has 2 N–H and O–H groups in total. The second kappa shape index (κ2) is 8.92. The number of nitro groups is 1. The summed E-state index contributed by atoms with van der Waals surface area (Å²) in [6.07, 6.45) is 1.37. The number of carbonyl (C=O) groups excluding carboxylic acids is 2. The maximum absolute atomic E-state index is 11.8. The first kappa shape index (κ1) is 17.8. The van der Waals surface area contributed by atoms with E-state index in [1.165, 1.54) is 24.4 Å². The number of nitro benzene ring substituents is 1. The summed E-state index contributed by atoms with van der Waals surface area (Å²) in [6, 6.07) is 14.5. The Labute approximate surface area is 143 Å². The lowest BCUT2D eigenvalue weighted by Gasteiger charge is -2.04. The molecule has 0 fully saturated rings. The van der Waals surface area contributed by atoms with E-state index in [9.17, 15) is 19.7 Å². The minimum atomic E-state index is -0.509. The molecule has 0 bridgehead atoms. The van der Waals surface area contributed by atoms with Crippen molar-refractivity contribution in [3.8, 4) is 0 Å². The Morgan fingerprint density at radius 3 is 2.60 bits per heavy atom. The maximum Gasteiger partial charge on any atom is 0.270 e. The average Bonchev–Trinajstić information content (AvgIpc) is 2.62. The highest BCUT2D eigenvalue weighted by molar-refractivity contribution is 5.94. The third-order valence-electron chi connectivity index (χ3n) is 3.16. The second-order valence-electron chi connectivity index (χ2n) is 5.02. The van der Waals surface area contributed by atoms with Crippen molar-refractivity contribution in [1.82, 2.24) is 10.7 Å². The number of nitrogens with one attached hydrogen (secondary N) is 2. The third kappa shape index (κ3) is 5.87. The van der Waals surface area contributed by atoms with Gasteiger partial charge in [0.1, 0.15) is 0 Å². The van der Waals surface area contributed by atoms with Gasteiger partial charge in [-0.2, -0.15) is 5.10 Å². The molecule has 0 saturated heterocycles. The molecule has 2 aromatic carbocycles. The van der Waals surface area contributed by atoms with Crippen LogP contribution in [0.15, 0.2) is 59.7 Å². The lowest BCUT2D eigenvalue weighted by molar-refractivity contribution is -0.384. The second-order valence-corrected chi connectivity index (χ2v) is 5.02. The predicted octanol–water partition coefficient (Wildman–Crippen LogP) is 1.86. The number of rotatable bonds is 7. The standard InChI is InChI=1S/C17H16N4O4/c22-16(9-10-18-17(23)14-6-2-1-3-7-14)20-19-12-13-5-4-8-15(11-13)21(24)25/h1-8,11-12H,9-10H2,(H,18,23)(H,20,22). The lowest BCUT2D eigenvalue weighted by Crippen LogP contribution is -2.28. The molecule has 0 radical (unpaired) electrons. The molecule has 8 nitrogen and oxygen atoms in total. The fourth-order valence-electron chi connectivity index (χ4n) is 1.93. The van der Waals surface area contributed by atoms with Crippen molar-refractivity contribution in [2.24, 2.45) is 5.10 Å². The fraction of sp³-hybridized carbons (Fsp3) is 0.118. The number of hydrazone groups is 1. The third-order valence-corrected chi connectivity index (χ3v) is 3.16. The first-order chi connectivity index (χ1) is 12.1. The van der Waals surface area contributed by atoms with E-state index in [2.05, 4.69) is 15.8 Å². The zero-order chi connectivity index (χ0) is 18.1. The van der Waals surface area contributed by atoms with Gasteiger partial charge in [0.2, 0.25) is 5.91 Å². The van der Waals surface area contributed by atoms with Crippen molar-refractivity contribution >= 4 is 23.7 Å². The summed E-state index contributed by atoms with van der Waals surface area (Å²) in [5.74, 6) is -0.636. The molecule has 0 unspecified atom stereocenters. The molecule has 0 aliphatic carbocycles. The largest absolute Gasteiger partial charge is 0.352 e. The molecule has 25 heavy (non-hydrogen) atoms. The Kier molecular flexibility index (Phi) is 6.35. The van der Waals surface area contributed by atoms with E-state index < -0.39 is 4.92 Å². The highest BCUT2D eigenvalue weighted by Crippen LogP contribution is 2.11. The normalized spacial score (nSPS) is 10.4. The molecule has 0 aliphatic heterocycles. The SMILES string of the molecule is O=C(CCNC(=O)c1ccccc1)NN=Cc1cccc([N+](=O)[O-])c1. The van der Waals surface area contributed by atoms with Crippen LogP contribution < -0.4 is 10.7 Å². The van der Waals surface area contributed by atoms with Crippen molar-refractivity contribution in [3.63, 3.8) is 0 Å². The Morgan fingerprint density at radius 2 is 1.88 bits per heavy atom. The Balaban J connectivity index is 1.74. The van der Waals surface area contributed by atoms with Crippen LogP contribution >= 0.6 is 0 Å².